The summed E-state index contributed by atoms with van der Waals surface area (Å²) in [7, 11) is 0. The van der Waals surface area contributed by atoms with Crippen LogP contribution in [0.4, 0.5) is 5.82 Å². The molecule has 3 nitrogen and oxygen atoms in total. The van der Waals surface area contributed by atoms with Crippen molar-refractivity contribution in [1.82, 2.24) is 10.2 Å². The van der Waals surface area contributed by atoms with E-state index in [2.05, 4.69) is 30.1 Å². The monoisotopic (exact) mass is 303 g/mol. The van der Waals surface area contributed by atoms with Crippen molar-refractivity contribution in [3.8, 4) is 21.7 Å². The van der Waals surface area contributed by atoms with Gasteiger partial charge in [0.05, 0.1) is 16.1 Å². The van der Waals surface area contributed by atoms with Crippen LogP contribution in [0.2, 0.25) is 5.02 Å². The van der Waals surface area contributed by atoms with Gasteiger partial charge in [0, 0.05) is 9.90 Å². The highest BCUT2D eigenvalue weighted by atomic mass is 35.5. The molecule has 0 unspecified atom stereocenters. The van der Waals surface area contributed by atoms with E-state index in [1.54, 1.807) is 11.3 Å². The van der Waals surface area contributed by atoms with Crippen molar-refractivity contribution in [2.24, 2.45) is 0 Å². The number of H-pyrrole nitrogens is 1. The van der Waals surface area contributed by atoms with Gasteiger partial charge in [-0.15, -0.1) is 11.3 Å². The van der Waals surface area contributed by atoms with E-state index >= 15 is 0 Å². The van der Waals surface area contributed by atoms with E-state index in [9.17, 15) is 0 Å². The number of anilines is 1. The van der Waals surface area contributed by atoms with Crippen LogP contribution in [0, 0.1) is 13.8 Å². The maximum absolute atomic E-state index is 6.02. The van der Waals surface area contributed by atoms with Crippen LogP contribution < -0.4 is 5.73 Å². The van der Waals surface area contributed by atoms with Gasteiger partial charge in [-0.3, -0.25) is 5.10 Å². The minimum atomic E-state index is 0.506. The highest BCUT2D eigenvalue weighted by molar-refractivity contribution is 7.15. The zero-order valence-electron chi connectivity index (χ0n) is 11.2. The number of nitrogen functional groups attached to an aromatic ring is 1. The first-order valence-electron chi connectivity index (χ1n) is 6.23. The van der Waals surface area contributed by atoms with Gasteiger partial charge < -0.3 is 5.73 Å². The molecular formula is C15H14ClN3S. The van der Waals surface area contributed by atoms with Gasteiger partial charge in [0.1, 0.15) is 0 Å². The van der Waals surface area contributed by atoms with Crippen LogP contribution in [0.1, 0.15) is 10.4 Å². The van der Waals surface area contributed by atoms with E-state index in [1.165, 1.54) is 10.4 Å². The molecule has 2 heterocycles. The average molecular weight is 304 g/mol. The Bertz CT molecular complexity index is 737. The van der Waals surface area contributed by atoms with Crippen LogP contribution in [0.15, 0.2) is 30.3 Å². The Morgan fingerprint density at radius 1 is 1.20 bits per heavy atom. The number of thiophene rings is 1. The van der Waals surface area contributed by atoms with E-state index in [0.29, 0.717) is 10.8 Å². The summed E-state index contributed by atoms with van der Waals surface area (Å²) in [5.41, 5.74) is 10.2. The molecule has 0 atom stereocenters. The molecule has 0 aliphatic carbocycles. The average Bonchev–Trinajstić information content (AvgIpc) is 2.95. The molecule has 102 valence electrons. The summed E-state index contributed by atoms with van der Waals surface area (Å²) < 4.78 is 0. The van der Waals surface area contributed by atoms with E-state index in [0.717, 1.165) is 21.7 Å². The normalized spacial score (nSPS) is 10.9. The number of aryl methyl sites for hydroxylation is 2. The van der Waals surface area contributed by atoms with Gasteiger partial charge in [-0.05, 0) is 43.2 Å². The molecule has 0 aliphatic heterocycles. The number of nitrogens with zero attached hydrogens (tertiary/aromatic N) is 1. The van der Waals surface area contributed by atoms with Gasteiger partial charge in [0.15, 0.2) is 5.82 Å². The van der Waals surface area contributed by atoms with Gasteiger partial charge in [-0.2, -0.15) is 5.10 Å². The second-order valence-electron chi connectivity index (χ2n) is 4.72. The first kappa shape index (κ1) is 13.2. The number of hydrogen-bond donors (Lipinski definition) is 2. The smallest absolute Gasteiger partial charge is 0.153 e. The third-order valence-electron chi connectivity index (χ3n) is 3.34. The summed E-state index contributed by atoms with van der Waals surface area (Å²) in [6, 6.07) is 9.79. The van der Waals surface area contributed by atoms with Gasteiger partial charge in [-0.25, -0.2) is 0 Å². The molecule has 0 bridgehead atoms. The molecule has 0 fully saturated rings. The van der Waals surface area contributed by atoms with Crippen LogP contribution >= 0.6 is 22.9 Å². The molecule has 20 heavy (non-hydrogen) atoms. The molecule has 0 spiro atoms. The fourth-order valence-corrected chi connectivity index (χ4v) is 3.30. The lowest BCUT2D eigenvalue weighted by Gasteiger charge is -2.03. The molecular weight excluding hydrogens is 290 g/mol. The third kappa shape index (κ3) is 2.21. The van der Waals surface area contributed by atoms with E-state index < -0.39 is 0 Å². The van der Waals surface area contributed by atoms with Gasteiger partial charge in [0.2, 0.25) is 0 Å². The Kier molecular flexibility index (Phi) is 3.28. The van der Waals surface area contributed by atoms with Crippen molar-refractivity contribution >= 4 is 28.8 Å². The first-order valence-corrected chi connectivity index (χ1v) is 7.43. The number of benzene rings is 1. The fourth-order valence-electron chi connectivity index (χ4n) is 2.14. The topological polar surface area (TPSA) is 54.7 Å². The molecule has 3 rings (SSSR count). The number of aromatic nitrogens is 2. The predicted molar refractivity (Wildman–Crippen MR) is 86.2 cm³/mol. The van der Waals surface area contributed by atoms with E-state index in [4.69, 9.17) is 17.3 Å². The maximum atomic E-state index is 6.02. The standard InChI is InChI=1S/C15H14ClN3S/c1-8-7-12(20-9(8)2)14-13(15(17)19-18-14)10-3-5-11(16)6-4-10/h3-7H,1-2H3,(H3,17,18,19). The van der Waals surface area contributed by atoms with Crippen molar-refractivity contribution in [2.75, 3.05) is 5.73 Å². The minimum Gasteiger partial charge on any atom is -0.382 e. The number of nitrogens with two attached hydrogens (primary N) is 1. The number of rotatable bonds is 2. The van der Waals surface area contributed by atoms with Crippen LogP contribution in [0.25, 0.3) is 21.7 Å². The summed E-state index contributed by atoms with van der Waals surface area (Å²) >= 11 is 7.68. The minimum absolute atomic E-state index is 0.506. The Balaban J connectivity index is 2.16. The number of halogens is 1. The zero-order chi connectivity index (χ0) is 14.3. The molecule has 0 saturated heterocycles. The number of aromatic amines is 1. The summed E-state index contributed by atoms with van der Waals surface area (Å²) in [5, 5.41) is 7.91. The molecule has 5 heteroatoms. The SMILES string of the molecule is Cc1cc(-c2[nH]nc(N)c2-c2ccc(Cl)cc2)sc1C. The predicted octanol–water partition coefficient (Wildman–Crippen LogP) is 4.66. The fraction of sp³-hybridized carbons (Fsp3) is 0.133. The van der Waals surface area contributed by atoms with E-state index in [-0.39, 0.29) is 0 Å². The molecule has 3 aromatic rings. The largest absolute Gasteiger partial charge is 0.382 e. The summed E-state index contributed by atoms with van der Waals surface area (Å²) in [4.78, 5) is 2.45. The molecule has 2 aromatic heterocycles. The van der Waals surface area contributed by atoms with Crippen LogP contribution in [0.5, 0.6) is 0 Å². The lowest BCUT2D eigenvalue weighted by atomic mass is 10.0. The van der Waals surface area contributed by atoms with Crippen molar-refractivity contribution in [1.29, 1.82) is 0 Å². The Morgan fingerprint density at radius 3 is 2.50 bits per heavy atom. The second-order valence-corrected chi connectivity index (χ2v) is 6.41. The maximum Gasteiger partial charge on any atom is 0.153 e. The van der Waals surface area contributed by atoms with Gasteiger partial charge in [-0.1, -0.05) is 23.7 Å². The first-order chi connectivity index (χ1) is 9.56. The van der Waals surface area contributed by atoms with E-state index in [1.807, 2.05) is 24.3 Å². The second kappa shape index (κ2) is 4.96. The quantitative estimate of drug-likeness (QED) is 0.723. The van der Waals surface area contributed by atoms with Crippen LogP contribution in [-0.4, -0.2) is 10.2 Å². The summed E-state index contributed by atoms with van der Waals surface area (Å²) in [5.74, 6) is 0.506. The molecule has 0 saturated carbocycles. The lowest BCUT2D eigenvalue weighted by molar-refractivity contribution is 1.11. The molecule has 0 radical (unpaired) electrons. The van der Waals surface area contributed by atoms with Crippen LogP contribution in [-0.2, 0) is 0 Å². The molecule has 0 amide bonds. The zero-order valence-corrected chi connectivity index (χ0v) is 12.8. The van der Waals surface area contributed by atoms with Gasteiger partial charge in [0.25, 0.3) is 0 Å². The number of nitrogens with one attached hydrogen (secondary N) is 1. The van der Waals surface area contributed by atoms with Crippen molar-refractivity contribution in [3.05, 3.63) is 45.8 Å². The van der Waals surface area contributed by atoms with Crippen molar-refractivity contribution in [3.63, 3.8) is 0 Å². The number of hydrogen-bond acceptors (Lipinski definition) is 3. The Labute approximate surface area is 126 Å². The Morgan fingerprint density at radius 2 is 1.90 bits per heavy atom. The van der Waals surface area contributed by atoms with Crippen LogP contribution in [0.3, 0.4) is 0 Å². The third-order valence-corrected chi connectivity index (χ3v) is 4.76. The Hall–Kier alpha value is -1.78. The molecule has 1 aromatic carbocycles. The van der Waals surface area contributed by atoms with Gasteiger partial charge >= 0.3 is 0 Å². The molecule has 3 N–H and O–H groups in total. The van der Waals surface area contributed by atoms with Crippen molar-refractivity contribution in [2.45, 2.75) is 13.8 Å². The summed E-state index contributed by atoms with van der Waals surface area (Å²) in [6.45, 7) is 4.22. The van der Waals surface area contributed by atoms with Crippen molar-refractivity contribution < 1.29 is 0 Å². The molecule has 0 aliphatic rings. The lowest BCUT2D eigenvalue weighted by Crippen LogP contribution is -1.88. The highest BCUT2D eigenvalue weighted by Gasteiger charge is 2.16. The summed E-state index contributed by atoms with van der Waals surface area (Å²) in [6.07, 6.45) is 0. The highest BCUT2D eigenvalue weighted by Crippen LogP contribution is 2.39.